The third kappa shape index (κ3) is 1.15. The van der Waals surface area contributed by atoms with Gasteiger partial charge >= 0.3 is 11.9 Å². The lowest BCUT2D eigenvalue weighted by Gasteiger charge is -1.98. The first-order valence-electron chi connectivity index (χ1n) is 3.83. The fraction of sp³-hybridized carbons (Fsp3) is 0. The van der Waals surface area contributed by atoms with E-state index < -0.39 is 11.9 Å². The van der Waals surface area contributed by atoms with Crippen LogP contribution in [0.3, 0.4) is 0 Å². The number of esters is 2. The molecule has 1 aromatic rings. The van der Waals surface area contributed by atoms with Gasteiger partial charge in [-0.1, -0.05) is 0 Å². The predicted molar refractivity (Wildman–Crippen MR) is 45.9 cm³/mol. The second kappa shape index (κ2) is 2.95. The molecular weight excluding hydrogens is 186 g/mol. The lowest BCUT2D eigenvalue weighted by atomic mass is 10.1. The molecule has 0 saturated carbocycles. The summed E-state index contributed by atoms with van der Waals surface area (Å²) in [6.45, 7) is 0. The molecule has 0 saturated heterocycles. The Labute approximate surface area is 78.7 Å². The summed E-state index contributed by atoms with van der Waals surface area (Å²) in [7, 11) is 0. The average Bonchev–Trinajstić information content (AvgIpc) is 2.43. The van der Waals surface area contributed by atoms with Crippen LogP contribution in [0.15, 0.2) is 18.2 Å². The van der Waals surface area contributed by atoms with Gasteiger partial charge in [0.05, 0.1) is 11.1 Å². The molecule has 5 nitrogen and oxygen atoms in total. The van der Waals surface area contributed by atoms with Gasteiger partial charge in [0.2, 0.25) is 6.41 Å². The van der Waals surface area contributed by atoms with E-state index in [1.165, 1.54) is 18.2 Å². The van der Waals surface area contributed by atoms with Gasteiger partial charge in [-0.05, 0) is 18.2 Å². The molecule has 1 aliphatic rings. The molecule has 0 aromatic heterocycles. The Morgan fingerprint density at radius 2 is 1.86 bits per heavy atom. The van der Waals surface area contributed by atoms with Crippen LogP contribution in [0, 0.1) is 0 Å². The number of rotatable bonds is 2. The van der Waals surface area contributed by atoms with E-state index in [1.807, 2.05) is 0 Å². The Bertz CT molecular complexity index is 438. The van der Waals surface area contributed by atoms with Crippen LogP contribution >= 0.6 is 0 Å². The first kappa shape index (κ1) is 8.43. The van der Waals surface area contributed by atoms with Crippen LogP contribution in [0.25, 0.3) is 0 Å². The molecule has 1 amide bonds. The number of fused-ring (bicyclic) bond motifs is 1. The van der Waals surface area contributed by atoms with Gasteiger partial charge in [-0.2, -0.15) is 0 Å². The minimum absolute atomic E-state index is 0.182. The molecule has 0 unspecified atom stereocenters. The third-order valence-corrected chi connectivity index (χ3v) is 1.87. The lowest BCUT2D eigenvalue weighted by molar-refractivity contribution is -0.105. The summed E-state index contributed by atoms with van der Waals surface area (Å²) >= 11 is 0. The van der Waals surface area contributed by atoms with Crippen LogP contribution in [0.1, 0.15) is 20.7 Å². The van der Waals surface area contributed by atoms with Crippen LogP contribution in [-0.4, -0.2) is 18.3 Å². The second-order valence-electron chi connectivity index (χ2n) is 2.70. The van der Waals surface area contributed by atoms with Crippen LogP contribution < -0.4 is 5.32 Å². The van der Waals surface area contributed by atoms with Crippen LogP contribution in [-0.2, 0) is 9.53 Å². The molecule has 0 aliphatic carbocycles. The van der Waals surface area contributed by atoms with Crippen LogP contribution in [0.2, 0.25) is 0 Å². The van der Waals surface area contributed by atoms with E-state index in [-0.39, 0.29) is 11.1 Å². The molecule has 0 fully saturated rings. The topological polar surface area (TPSA) is 72.5 Å². The normalized spacial score (nSPS) is 13.4. The molecule has 0 bridgehead atoms. The number of carbonyl (C=O) groups excluding carboxylic acids is 3. The Morgan fingerprint density at radius 3 is 2.57 bits per heavy atom. The highest BCUT2D eigenvalue weighted by atomic mass is 16.6. The summed E-state index contributed by atoms with van der Waals surface area (Å²) in [5, 5.41) is 2.37. The molecule has 70 valence electrons. The molecule has 1 aliphatic heterocycles. The number of ether oxygens (including phenoxy) is 1. The van der Waals surface area contributed by atoms with Crippen molar-refractivity contribution >= 4 is 24.0 Å². The van der Waals surface area contributed by atoms with Gasteiger partial charge in [0.25, 0.3) is 0 Å². The number of nitrogens with one attached hydrogen (secondary N) is 1. The van der Waals surface area contributed by atoms with Crippen molar-refractivity contribution in [2.75, 3.05) is 5.32 Å². The second-order valence-corrected chi connectivity index (χ2v) is 2.70. The average molecular weight is 191 g/mol. The van der Waals surface area contributed by atoms with Crippen LogP contribution in [0.4, 0.5) is 5.69 Å². The molecule has 1 heterocycles. The number of cyclic esters (lactones) is 2. The molecule has 0 radical (unpaired) electrons. The highest BCUT2D eigenvalue weighted by Crippen LogP contribution is 2.22. The summed E-state index contributed by atoms with van der Waals surface area (Å²) in [4.78, 5) is 32.2. The monoisotopic (exact) mass is 191 g/mol. The maximum atomic E-state index is 11.1. The van der Waals surface area contributed by atoms with Crippen molar-refractivity contribution in [3.8, 4) is 0 Å². The van der Waals surface area contributed by atoms with Crippen molar-refractivity contribution in [2.24, 2.45) is 0 Å². The zero-order valence-corrected chi connectivity index (χ0v) is 6.94. The van der Waals surface area contributed by atoms with E-state index in [0.29, 0.717) is 12.1 Å². The van der Waals surface area contributed by atoms with Gasteiger partial charge in [-0.3, -0.25) is 4.79 Å². The number of amides is 1. The number of hydrogen-bond acceptors (Lipinski definition) is 4. The molecule has 14 heavy (non-hydrogen) atoms. The number of carbonyl (C=O) groups is 3. The van der Waals surface area contributed by atoms with E-state index in [4.69, 9.17) is 0 Å². The third-order valence-electron chi connectivity index (χ3n) is 1.87. The molecule has 2 rings (SSSR count). The van der Waals surface area contributed by atoms with E-state index in [1.54, 1.807) is 0 Å². The maximum absolute atomic E-state index is 11.1. The molecular formula is C9H5NO4. The predicted octanol–water partition coefficient (Wildman–Crippen LogP) is 0.566. The van der Waals surface area contributed by atoms with Gasteiger partial charge in [0.1, 0.15) is 0 Å². The van der Waals surface area contributed by atoms with Crippen molar-refractivity contribution in [2.45, 2.75) is 0 Å². The maximum Gasteiger partial charge on any atom is 0.346 e. The quantitative estimate of drug-likeness (QED) is 0.421. The van der Waals surface area contributed by atoms with Crippen molar-refractivity contribution < 1.29 is 19.1 Å². The van der Waals surface area contributed by atoms with Gasteiger partial charge < -0.3 is 10.1 Å². The largest absolute Gasteiger partial charge is 0.386 e. The number of anilines is 1. The fourth-order valence-corrected chi connectivity index (χ4v) is 1.24. The summed E-state index contributed by atoms with van der Waals surface area (Å²) in [6.07, 6.45) is 0.490. The smallest absolute Gasteiger partial charge is 0.346 e. The zero-order chi connectivity index (χ0) is 10.1. The van der Waals surface area contributed by atoms with E-state index in [2.05, 4.69) is 10.1 Å². The summed E-state index contributed by atoms with van der Waals surface area (Å²) in [5.74, 6) is -1.33. The van der Waals surface area contributed by atoms with E-state index in [9.17, 15) is 14.4 Å². The SMILES string of the molecule is O=CNc1ccc2c(c1)C(=O)OC2=O. The van der Waals surface area contributed by atoms with Gasteiger partial charge in [0.15, 0.2) is 0 Å². The summed E-state index contributed by atoms with van der Waals surface area (Å²) in [6, 6.07) is 4.36. The Kier molecular flexibility index (Phi) is 1.78. The Morgan fingerprint density at radius 1 is 1.14 bits per heavy atom. The lowest BCUT2D eigenvalue weighted by Crippen LogP contribution is -1.97. The molecule has 0 atom stereocenters. The van der Waals surface area contributed by atoms with E-state index >= 15 is 0 Å². The molecule has 1 aromatic carbocycles. The van der Waals surface area contributed by atoms with E-state index in [0.717, 1.165) is 0 Å². The minimum Gasteiger partial charge on any atom is -0.386 e. The van der Waals surface area contributed by atoms with Crippen molar-refractivity contribution in [3.05, 3.63) is 29.3 Å². The van der Waals surface area contributed by atoms with Crippen LogP contribution in [0.5, 0.6) is 0 Å². The zero-order valence-electron chi connectivity index (χ0n) is 6.94. The summed E-state index contributed by atoms with van der Waals surface area (Å²) in [5.41, 5.74) is 0.860. The molecule has 5 heteroatoms. The minimum atomic E-state index is -0.681. The fourth-order valence-electron chi connectivity index (χ4n) is 1.24. The number of benzene rings is 1. The molecule has 1 N–H and O–H groups in total. The molecule has 0 spiro atoms. The van der Waals surface area contributed by atoms with Gasteiger partial charge in [0, 0.05) is 5.69 Å². The first-order chi connectivity index (χ1) is 6.72. The van der Waals surface area contributed by atoms with Crippen molar-refractivity contribution in [1.82, 2.24) is 0 Å². The summed E-state index contributed by atoms with van der Waals surface area (Å²) < 4.78 is 4.37. The van der Waals surface area contributed by atoms with Gasteiger partial charge in [-0.25, -0.2) is 9.59 Å². The van der Waals surface area contributed by atoms with Crippen molar-refractivity contribution in [3.63, 3.8) is 0 Å². The standard InChI is InChI=1S/C9H5NO4/c11-4-10-5-1-2-6-7(3-5)9(13)14-8(6)12/h1-4H,(H,10,11). The highest BCUT2D eigenvalue weighted by molar-refractivity contribution is 6.15. The Hall–Kier alpha value is -2.17. The first-order valence-corrected chi connectivity index (χ1v) is 3.83. The van der Waals surface area contributed by atoms with Gasteiger partial charge in [-0.15, -0.1) is 0 Å². The highest BCUT2D eigenvalue weighted by Gasteiger charge is 2.29. The number of hydrogen-bond donors (Lipinski definition) is 1. The van der Waals surface area contributed by atoms with Crippen molar-refractivity contribution in [1.29, 1.82) is 0 Å². The Balaban J connectivity index is 2.49.